The number of fused-ring (bicyclic) bond motifs is 1. The molecule has 1 aliphatic rings. The Balaban J connectivity index is 1.76. The van der Waals surface area contributed by atoms with Gasteiger partial charge >= 0.3 is 0 Å². The first-order valence-corrected chi connectivity index (χ1v) is 8.11. The zero-order chi connectivity index (χ0) is 17.4. The van der Waals surface area contributed by atoms with Gasteiger partial charge in [0.2, 0.25) is 11.8 Å². The van der Waals surface area contributed by atoms with E-state index >= 15 is 0 Å². The fraction of sp³-hybridized carbons (Fsp3) is 0.222. The minimum Gasteiger partial charge on any atom is -0.356 e. The first kappa shape index (κ1) is 15.3. The van der Waals surface area contributed by atoms with Gasteiger partial charge in [-0.25, -0.2) is 9.67 Å². The van der Waals surface area contributed by atoms with Crippen molar-refractivity contribution in [2.45, 2.75) is 19.3 Å². The Hall–Kier alpha value is -3.22. The maximum Gasteiger partial charge on any atom is 0.227 e. The third-order valence-corrected chi connectivity index (χ3v) is 4.32. The van der Waals surface area contributed by atoms with Gasteiger partial charge in [0.05, 0.1) is 23.3 Å². The van der Waals surface area contributed by atoms with Crippen LogP contribution in [-0.4, -0.2) is 33.1 Å². The molecule has 2 amide bonds. The number of hydrogen-bond acceptors (Lipinski definition) is 4. The topological polar surface area (TPSA) is 88.9 Å². The molecule has 0 bridgehead atoms. The van der Waals surface area contributed by atoms with Crippen LogP contribution in [0.25, 0.3) is 16.6 Å². The number of rotatable bonds is 3. The van der Waals surface area contributed by atoms with Gasteiger partial charge in [-0.05, 0) is 24.1 Å². The van der Waals surface area contributed by atoms with E-state index in [1.807, 2.05) is 24.3 Å². The monoisotopic (exact) mass is 335 g/mol. The smallest absolute Gasteiger partial charge is 0.227 e. The zero-order valence-electron chi connectivity index (χ0n) is 13.7. The van der Waals surface area contributed by atoms with Crippen molar-refractivity contribution in [1.82, 2.24) is 20.1 Å². The molecule has 1 fully saturated rings. The van der Waals surface area contributed by atoms with E-state index < -0.39 is 0 Å². The molecule has 126 valence electrons. The highest BCUT2D eigenvalue weighted by Crippen LogP contribution is 2.27. The standard InChI is InChI=1S/C18H17N5O2/c1-11(24)22-17-8-16-13(9-20-17)10-21-23(16)14-4-2-3-12(7-14)15-5-6-19-18(15)25/h2-4,7-10,15H,5-6H2,1H3,(H,19,25)(H,20,22,24). The predicted molar refractivity (Wildman–Crippen MR) is 93.5 cm³/mol. The molecule has 7 heteroatoms. The van der Waals surface area contributed by atoms with Gasteiger partial charge in [-0.1, -0.05) is 12.1 Å². The maximum absolute atomic E-state index is 12.0. The van der Waals surface area contributed by atoms with E-state index in [4.69, 9.17) is 0 Å². The molecule has 0 spiro atoms. The number of carbonyl (C=O) groups is 2. The Morgan fingerprint density at radius 2 is 2.20 bits per heavy atom. The first-order valence-electron chi connectivity index (χ1n) is 8.11. The molecule has 0 radical (unpaired) electrons. The lowest BCUT2D eigenvalue weighted by atomic mass is 9.97. The minimum absolute atomic E-state index is 0.0691. The van der Waals surface area contributed by atoms with E-state index in [0.717, 1.165) is 28.6 Å². The van der Waals surface area contributed by atoms with Gasteiger partial charge in [0.1, 0.15) is 5.82 Å². The number of pyridine rings is 1. The third kappa shape index (κ3) is 2.84. The second kappa shape index (κ2) is 6.01. The van der Waals surface area contributed by atoms with Crippen molar-refractivity contribution in [3.8, 4) is 5.69 Å². The molecule has 1 saturated heterocycles. The average molecular weight is 335 g/mol. The molecule has 0 saturated carbocycles. The van der Waals surface area contributed by atoms with Crippen molar-refractivity contribution in [1.29, 1.82) is 0 Å². The van der Waals surface area contributed by atoms with E-state index in [1.165, 1.54) is 6.92 Å². The van der Waals surface area contributed by atoms with E-state index in [2.05, 4.69) is 20.7 Å². The summed E-state index contributed by atoms with van der Waals surface area (Å²) in [7, 11) is 0. The lowest BCUT2D eigenvalue weighted by molar-refractivity contribution is -0.120. The lowest BCUT2D eigenvalue weighted by Gasteiger charge is -2.10. The minimum atomic E-state index is -0.174. The number of amides is 2. The Labute approximate surface area is 144 Å². The maximum atomic E-state index is 12.0. The normalized spacial score (nSPS) is 16.8. The summed E-state index contributed by atoms with van der Waals surface area (Å²) in [6.45, 7) is 2.16. The van der Waals surface area contributed by atoms with Crippen LogP contribution < -0.4 is 10.6 Å². The highest BCUT2D eigenvalue weighted by atomic mass is 16.2. The number of hydrogen-bond donors (Lipinski definition) is 2. The number of anilines is 1. The first-order chi connectivity index (χ1) is 12.1. The fourth-order valence-corrected chi connectivity index (χ4v) is 3.16. The van der Waals surface area contributed by atoms with E-state index in [-0.39, 0.29) is 17.7 Å². The van der Waals surface area contributed by atoms with Gasteiger partial charge < -0.3 is 10.6 Å². The summed E-state index contributed by atoms with van der Waals surface area (Å²) >= 11 is 0. The summed E-state index contributed by atoms with van der Waals surface area (Å²) in [6, 6.07) is 9.62. The quantitative estimate of drug-likeness (QED) is 0.766. The molecule has 1 unspecified atom stereocenters. The zero-order valence-corrected chi connectivity index (χ0v) is 13.7. The number of benzene rings is 1. The summed E-state index contributed by atoms with van der Waals surface area (Å²) in [5, 5.41) is 10.9. The number of carbonyl (C=O) groups excluding carboxylic acids is 2. The molecule has 1 aliphatic heterocycles. The Bertz CT molecular complexity index is 979. The van der Waals surface area contributed by atoms with Crippen LogP contribution in [0.5, 0.6) is 0 Å². The third-order valence-electron chi connectivity index (χ3n) is 4.32. The highest BCUT2D eigenvalue weighted by Gasteiger charge is 2.25. The summed E-state index contributed by atoms with van der Waals surface area (Å²) < 4.78 is 1.79. The molecular weight excluding hydrogens is 318 g/mol. The average Bonchev–Trinajstić information content (AvgIpc) is 3.20. The van der Waals surface area contributed by atoms with Gasteiger partial charge in [-0.3, -0.25) is 9.59 Å². The Morgan fingerprint density at radius 1 is 1.32 bits per heavy atom. The molecule has 4 rings (SSSR count). The molecule has 2 N–H and O–H groups in total. The molecule has 1 aromatic carbocycles. The van der Waals surface area contributed by atoms with Crippen LogP contribution in [0.15, 0.2) is 42.7 Å². The van der Waals surface area contributed by atoms with Gasteiger partial charge in [0.15, 0.2) is 0 Å². The summed E-state index contributed by atoms with van der Waals surface area (Å²) in [6.07, 6.45) is 4.21. The van der Waals surface area contributed by atoms with Crippen LogP contribution in [0.1, 0.15) is 24.8 Å². The molecule has 0 aliphatic carbocycles. The van der Waals surface area contributed by atoms with E-state index in [1.54, 1.807) is 23.1 Å². The van der Waals surface area contributed by atoms with Crippen LogP contribution >= 0.6 is 0 Å². The van der Waals surface area contributed by atoms with Crippen LogP contribution in [0.2, 0.25) is 0 Å². The van der Waals surface area contributed by atoms with Crippen molar-refractivity contribution >= 4 is 28.5 Å². The van der Waals surface area contributed by atoms with Crippen LogP contribution in [0, 0.1) is 0 Å². The molecule has 25 heavy (non-hydrogen) atoms. The number of nitrogens with zero attached hydrogens (tertiary/aromatic N) is 3. The molecule has 2 aromatic heterocycles. The predicted octanol–water partition coefficient (Wildman–Crippen LogP) is 1.98. The number of nitrogens with one attached hydrogen (secondary N) is 2. The van der Waals surface area contributed by atoms with E-state index in [0.29, 0.717) is 12.4 Å². The molecule has 3 aromatic rings. The van der Waals surface area contributed by atoms with Gasteiger partial charge in [0, 0.05) is 31.1 Å². The summed E-state index contributed by atoms with van der Waals surface area (Å²) in [4.78, 5) is 27.4. The van der Waals surface area contributed by atoms with Gasteiger partial charge in [0.25, 0.3) is 0 Å². The van der Waals surface area contributed by atoms with Gasteiger partial charge in [-0.15, -0.1) is 0 Å². The number of aromatic nitrogens is 3. The Kier molecular flexibility index (Phi) is 3.68. The second-order valence-corrected chi connectivity index (χ2v) is 6.09. The van der Waals surface area contributed by atoms with Crippen molar-refractivity contribution in [2.24, 2.45) is 0 Å². The fourth-order valence-electron chi connectivity index (χ4n) is 3.16. The Morgan fingerprint density at radius 3 is 2.96 bits per heavy atom. The largest absolute Gasteiger partial charge is 0.356 e. The molecule has 1 atom stereocenters. The second-order valence-electron chi connectivity index (χ2n) is 6.09. The van der Waals surface area contributed by atoms with Crippen molar-refractivity contribution in [2.75, 3.05) is 11.9 Å². The summed E-state index contributed by atoms with van der Waals surface area (Å²) in [5.74, 6) is 0.262. The molecule has 3 heterocycles. The van der Waals surface area contributed by atoms with Crippen molar-refractivity contribution in [3.63, 3.8) is 0 Å². The molecular formula is C18H17N5O2. The van der Waals surface area contributed by atoms with Crippen molar-refractivity contribution in [3.05, 3.63) is 48.3 Å². The van der Waals surface area contributed by atoms with Crippen LogP contribution in [-0.2, 0) is 9.59 Å². The highest BCUT2D eigenvalue weighted by molar-refractivity contribution is 5.90. The van der Waals surface area contributed by atoms with Crippen LogP contribution in [0.3, 0.4) is 0 Å². The van der Waals surface area contributed by atoms with Crippen molar-refractivity contribution < 1.29 is 9.59 Å². The van der Waals surface area contributed by atoms with E-state index in [9.17, 15) is 9.59 Å². The van der Waals surface area contributed by atoms with Crippen LogP contribution in [0.4, 0.5) is 5.82 Å². The SMILES string of the molecule is CC(=O)Nc1cc2c(cn1)cnn2-c1cccc(C2CCNC2=O)c1. The lowest BCUT2D eigenvalue weighted by Crippen LogP contribution is -2.18. The van der Waals surface area contributed by atoms with Gasteiger partial charge in [-0.2, -0.15) is 5.10 Å². The summed E-state index contributed by atoms with van der Waals surface area (Å²) in [5.41, 5.74) is 2.69. The molecule has 7 nitrogen and oxygen atoms in total.